The number of nitrogens with zero attached hydrogens (tertiary/aromatic N) is 6. The van der Waals surface area contributed by atoms with Crippen molar-refractivity contribution in [3.05, 3.63) is 85.2 Å². The molecule has 0 saturated carbocycles. The second-order valence-electron chi connectivity index (χ2n) is 7.88. The second kappa shape index (κ2) is 9.24. The van der Waals surface area contributed by atoms with E-state index < -0.39 is 10.0 Å². The molecule has 0 spiro atoms. The van der Waals surface area contributed by atoms with Crippen molar-refractivity contribution in [1.82, 2.24) is 23.8 Å². The summed E-state index contributed by atoms with van der Waals surface area (Å²) in [5.41, 5.74) is 0. The minimum absolute atomic E-state index is 0.252. The number of rotatable bonds is 6. The molecule has 0 bridgehead atoms. The van der Waals surface area contributed by atoms with Crippen LogP contribution in [0.3, 0.4) is 0 Å². The number of sulfonamides is 1. The summed E-state index contributed by atoms with van der Waals surface area (Å²) in [5.74, 6) is 3.44. The number of ether oxygens (including phenoxy) is 1. The third-order valence-corrected chi connectivity index (χ3v) is 7.50. The Morgan fingerprint density at radius 1 is 0.853 bits per heavy atom. The van der Waals surface area contributed by atoms with Crippen LogP contribution in [0.5, 0.6) is 11.5 Å². The zero-order valence-corrected chi connectivity index (χ0v) is 19.5. The van der Waals surface area contributed by atoms with Gasteiger partial charge in [-0.3, -0.25) is 4.57 Å². The molecule has 2 aromatic heterocycles. The zero-order chi connectivity index (χ0) is 23.5. The summed E-state index contributed by atoms with van der Waals surface area (Å²) in [6, 6.07) is 17.8. The van der Waals surface area contributed by atoms with Gasteiger partial charge in [0.1, 0.15) is 35.3 Å². The minimum Gasteiger partial charge on any atom is -0.457 e. The number of aryl methyl sites for hydroxylation is 1. The fourth-order valence-electron chi connectivity index (χ4n) is 3.84. The van der Waals surface area contributed by atoms with Gasteiger partial charge in [-0.2, -0.15) is 4.31 Å². The van der Waals surface area contributed by atoms with Crippen LogP contribution in [0.2, 0.25) is 0 Å². The summed E-state index contributed by atoms with van der Waals surface area (Å²) in [4.78, 5) is 15.4. The topological polar surface area (TPSA) is 93.5 Å². The Labute approximate surface area is 198 Å². The van der Waals surface area contributed by atoms with E-state index in [1.54, 1.807) is 36.8 Å². The molecule has 1 aliphatic heterocycles. The van der Waals surface area contributed by atoms with Crippen molar-refractivity contribution < 1.29 is 13.2 Å². The molecule has 0 N–H and O–H groups in total. The van der Waals surface area contributed by atoms with Gasteiger partial charge in [0.15, 0.2) is 0 Å². The fraction of sp³-hybridized carbons (Fsp3) is 0.208. The maximum Gasteiger partial charge on any atom is 0.243 e. The third-order valence-electron chi connectivity index (χ3n) is 5.58. The summed E-state index contributed by atoms with van der Waals surface area (Å²) in [6.07, 6.45) is 5.21. The molecule has 3 heterocycles. The summed E-state index contributed by atoms with van der Waals surface area (Å²) in [7, 11) is -3.60. The monoisotopic (exact) mass is 476 g/mol. The fourth-order valence-corrected chi connectivity index (χ4v) is 5.26. The number of imidazole rings is 1. The van der Waals surface area contributed by atoms with Crippen molar-refractivity contribution in [3.63, 3.8) is 0 Å². The van der Waals surface area contributed by atoms with Crippen molar-refractivity contribution in [3.8, 4) is 17.3 Å². The number of piperazine rings is 1. The molecular weight excluding hydrogens is 452 g/mol. The second-order valence-corrected chi connectivity index (χ2v) is 9.82. The van der Waals surface area contributed by atoms with E-state index in [0.29, 0.717) is 43.5 Å². The van der Waals surface area contributed by atoms with Gasteiger partial charge in [0, 0.05) is 44.6 Å². The summed E-state index contributed by atoms with van der Waals surface area (Å²) >= 11 is 0. The average molecular weight is 477 g/mol. The highest BCUT2D eigenvalue weighted by Crippen LogP contribution is 2.25. The minimum atomic E-state index is -3.60. The molecule has 1 saturated heterocycles. The molecule has 174 valence electrons. The van der Waals surface area contributed by atoms with E-state index in [1.165, 1.54) is 4.31 Å². The maximum atomic E-state index is 13.2. The summed E-state index contributed by atoms with van der Waals surface area (Å²) in [5, 5.41) is 0. The van der Waals surface area contributed by atoms with Crippen LogP contribution in [-0.2, 0) is 10.0 Å². The summed E-state index contributed by atoms with van der Waals surface area (Å²) in [6.45, 7) is 3.65. The molecular formula is C24H24N6O3S. The predicted octanol–water partition coefficient (Wildman–Crippen LogP) is 3.27. The normalized spacial score (nSPS) is 14.8. The van der Waals surface area contributed by atoms with Crippen molar-refractivity contribution >= 4 is 15.8 Å². The van der Waals surface area contributed by atoms with E-state index in [2.05, 4.69) is 19.9 Å². The molecule has 34 heavy (non-hydrogen) atoms. The van der Waals surface area contributed by atoms with Crippen LogP contribution in [-0.4, -0.2) is 58.4 Å². The Kier molecular flexibility index (Phi) is 5.99. The van der Waals surface area contributed by atoms with Gasteiger partial charge in [0.2, 0.25) is 10.0 Å². The lowest BCUT2D eigenvalue weighted by Crippen LogP contribution is -2.49. The van der Waals surface area contributed by atoms with Gasteiger partial charge in [-0.1, -0.05) is 18.2 Å². The lowest BCUT2D eigenvalue weighted by atomic mass is 10.3. The van der Waals surface area contributed by atoms with Crippen LogP contribution in [0.1, 0.15) is 5.82 Å². The van der Waals surface area contributed by atoms with E-state index in [9.17, 15) is 8.42 Å². The first-order valence-corrected chi connectivity index (χ1v) is 12.4. The number of para-hydroxylation sites is 1. The van der Waals surface area contributed by atoms with Crippen LogP contribution < -0.4 is 9.64 Å². The third kappa shape index (κ3) is 4.63. The average Bonchev–Trinajstić information content (AvgIpc) is 3.40. The number of hydrogen-bond donors (Lipinski definition) is 0. The summed E-state index contributed by atoms with van der Waals surface area (Å²) < 4.78 is 35.5. The number of aromatic nitrogens is 4. The Morgan fingerprint density at radius 2 is 1.53 bits per heavy atom. The standard InChI is InChI=1S/C24H24N6O3S/c1-19-26-23(17-24(27-19)29-12-11-25-18-29)28-13-15-30(16-14-28)34(31,32)22-9-7-21(8-10-22)33-20-5-3-2-4-6-20/h2-12,17-18H,13-16H2,1H3. The van der Waals surface area contributed by atoms with Crippen LogP contribution in [0, 0.1) is 6.92 Å². The van der Waals surface area contributed by atoms with E-state index in [1.807, 2.05) is 54.1 Å². The van der Waals surface area contributed by atoms with E-state index >= 15 is 0 Å². The lowest BCUT2D eigenvalue weighted by molar-refractivity contribution is 0.383. The predicted molar refractivity (Wildman–Crippen MR) is 128 cm³/mol. The number of benzene rings is 2. The first-order valence-electron chi connectivity index (χ1n) is 10.9. The highest BCUT2D eigenvalue weighted by Gasteiger charge is 2.29. The van der Waals surface area contributed by atoms with Gasteiger partial charge in [-0.05, 0) is 43.3 Å². The molecule has 0 atom stereocenters. The molecule has 0 unspecified atom stereocenters. The lowest BCUT2D eigenvalue weighted by Gasteiger charge is -2.34. The van der Waals surface area contributed by atoms with Crippen molar-refractivity contribution in [2.24, 2.45) is 0 Å². The van der Waals surface area contributed by atoms with Gasteiger partial charge in [-0.25, -0.2) is 23.4 Å². The van der Waals surface area contributed by atoms with Gasteiger partial charge in [0.05, 0.1) is 4.90 Å². The van der Waals surface area contributed by atoms with E-state index in [0.717, 1.165) is 11.6 Å². The molecule has 1 fully saturated rings. The first-order chi connectivity index (χ1) is 16.5. The molecule has 2 aromatic carbocycles. The molecule has 0 aliphatic carbocycles. The van der Waals surface area contributed by atoms with Gasteiger partial charge in [-0.15, -0.1) is 0 Å². The largest absolute Gasteiger partial charge is 0.457 e. The molecule has 1 aliphatic rings. The van der Waals surface area contributed by atoms with Gasteiger partial charge in [0.25, 0.3) is 0 Å². The Bertz CT molecular complexity index is 1350. The van der Waals surface area contributed by atoms with Crippen molar-refractivity contribution in [1.29, 1.82) is 0 Å². The highest BCUT2D eigenvalue weighted by molar-refractivity contribution is 7.89. The van der Waals surface area contributed by atoms with Crippen molar-refractivity contribution in [2.75, 3.05) is 31.1 Å². The van der Waals surface area contributed by atoms with E-state index in [4.69, 9.17) is 4.74 Å². The maximum absolute atomic E-state index is 13.2. The van der Waals surface area contributed by atoms with Crippen LogP contribution in [0.25, 0.3) is 5.82 Å². The molecule has 10 heteroatoms. The molecule has 4 aromatic rings. The Balaban J connectivity index is 1.26. The smallest absolute Gasteiger partial charge is 0.243 e. The van der Waals surface area contributed by atoms with Gasteiger partial charge >= 0.3 is 0 Å². The van der Waals surface area contributed by atoms with Gasteiger partial charge < -0.3 is 9.64 Å². The first kappa shape index (κ1) is 22.1. The Morgan fingerprint density at radius 3 is 2.21 bits per heavy atom. The molecule has 0 radical (unpaired) electrons. The quantitative estimate of drug-likeness (QED) is 0.422. The van der Waals surface area contributed by atoms with Crippen LogP contribution in [0.15, 0.2) is 84.3 Å². The van der Waals surface area contributed by atoms with E-state index in [-0.39, 0.29) is 4.90 Å². The van der Waals surface area contributed by atoms with Crippen LogP contribution in [0.4, 0.5) is 5.82 Å². The molecule has 5 rings (SSSR count). The Hall–Kier alpha value is -3.76. The molecule has 9 nitrogen and oxygen atoms in total. The number of hydrogen-bond acceptors (Lipinski definition) is 7. The molecule has 0 amide bonds. The zero-order valence-electron chi connectivity index (χ0n) is 18.7. The number of anilines is 1. The van der Waals surface area contributed by atoms with Crippen molar-refractivity contribution in [2.45, 2.75) is 11.8 Å². The highest BCUT2D eigenvalue weighted by atomic mass is 32.2. The SMILES string of the molecule is Cc1nc(N2CCN(S(=O)(=O)c3ccc(Oc4ccccc4)cc3)CC2)cc(-n2ccnc2)n1. The van der Waals surface area contributed by atoms with Crippen LogP contribution >= 0.6 is 0 Å².